The molecule has 16 heavy (non-hydrogen) atoms. The van der Waals surface area contributed by atoms with Gasteiger partial charge in [-0.15, -0.1) is 0 Å². The van der Waals surface area contributed by atoms with Crippen LogP contribution in [-0.4, -0.2) is 12.8 Å². The molecule has 0 aliphatic carbocycles. The number of hydrogen-bond acceptors (Lipinski definition) is 3. The minimum absolute atomic E-state index is 0.0997. The zero-order valence-corrected chi connectivity index (χ0v) is 10.2. The predicted molar refractivity (Wildman–Crippen MR) is 62.8 cm³/mol. The third kappa shape index (κ3) is 3.57. The van der Waals surface area contributed by atoms with Crippen LogP contribution in [0.15, 0.2) is 24.3 Å². The van der Waals surface area contributed by atoms with E-state index >= 15 is 0 Å². The van der Waals surface area contributed by atoms with Gasteiger partial charge in [-0.3, -0.25) is 0 Å². The van der Waals surface area contributed by atoms with Gasteiger partial charge in [0, 0.05) is 0 Å². The molecule has 0 atom stereocenters. The topological polar surface area (TPSA) is 35.5 Å². The quantitative estimate of drug-likeness (QED) is 0.567. The summed E-state index contributed by atoms with van der Waals surface area (Å²) in [5.74, 6) is 0.506. The van der Waals surface area contributed by atoms with Crippen molar-refractivity contribution in [2.45, 2.75) is 33.1 Å². The molecule has 0 amide bonds. The lowest BCUT2D eigenvalue weighted by Crippen LogP contribution is -2.12. The van der Waals surface area contributed by atoms with Crippen LogP contribution in [0.3, 0.4) is 0 Å². The molecule has 0 saturated carbocycles. The van der Waals surface area contributed by atoms with E-state index in [1.54, 1.807) is 19.1 Å². The highest BCUT2D eigenvalue weighted by molar-refractivity contribution is 5.63. The van der Waals surface area contributed by atoms with Crippen LogP contribution < -0.4 is 4.74 Å². The Morgan fingerprint density at radius 2 is 1.75 bits per heavy atom. The van der Waals surface area contributed by atoms with E-state index in [1.807, 2.05) is 12.1 Å². The average molecular weight is 222 g/mol. The van der Waals surface area contributed by atoms with Crippen molar-refractivity contribution in [2.24, 2.45) is 0 Å². The fourth-order valence-corrected chi connectivity index (χ4v) is 1.27. The number of ether oxygens (including phenoxy) is 2. The van der Waals surface area contributed by atoms with Gasteiger partial charge in [0.15, 0.2) is 0 Å². The van der Waals surface area contributed by atoms with Gasteiger partial charge in [-0.25, -0.2) is 4.79 Å². The maximum Gasteiger partial charge on any atom is 0.513 e. The van der Waals surface area contributed by atoms with Crippen molar-refractivity contribution in [3.8, 4) is 5.75 Å². The molecule has 0 aliphatic rings. The summed E-state index contributed by atoms with van der Waals surface area (Å²) in [5.41, 5.74) is 1.30. The van der Waals surface area contributed by atoms with E-state index in [2.05, 4.69) is 25.5 Å². The maximum absolute atomic E-state index is 11.0. The van der Waals surface area contributed by atoms with Crippen molar-refractivity contribution in [3.63, 3.8) is 0 Å². The number of carbonyl (C=O) groups excluding carboxylic acids is 1. The van der Waals surface area contributed by atoms with Gasteiger partial charge in [0.05, 0.1) is 6.61 Å². The highest BCUT2D eigenvalue weighted by Crippen LogP contribution is 2.24. The number of rotatable bonds is 2. The van der Waals surface area contributed by atoms with Gasteiger partial charge in [-0.2, -0.15) is 0 Å². The Morgan fingerprint density at radius 1 is 1.19 bits per heavy atom. The Hall–Kier alpha value is -1.51. The summed E-state index contributed by atoms with van der Waals surface area (Å²) in [7, 11) is 0. The lowest BCUT2D eigenvalue weighted by Gasteiger charge is -2.18. The Kier molecular flexibility index (Phi) is 3.93. The van der Waals surface area contributed by atoms with Gasteiger partial charge < -0.3 is 9.47 Å². The van der Waals surface area contributed by atoms with Crippen LogP contribution in [0.2, 0.25) is 0 Å². The van der Waals surface area contributed by atoms with Crippen LogP contribution in [0.4, 0.5) is 4.79 Å². The van der Waals surface area contributed by atoms with Crippen LogP contribution in [0, 0.1) is 0 Å². The molecular weight excluding hydrogens is 204 g/mol. The van der Waals surface area contributed by atoms with Gasteiger partial charge in [0.2, 0.25) is 0 Å². The second-order valence-electron chi connectivity index (χ2n) is 4.56. The molecule has 0 saturated heterocycles. The molecular formula is C13H18O3. The third-order valence-corrected chi connectivity index (χ3v) is 2.18. The first-order valence-electron chi connectivity index (χ1n) is 5.38. The zero-order chi connectivity index (χ0) is 12.2. The van der Waals surface area contributed by atoms with Crippen LogP contribution in [-0.2, 0) is 10.2 Å². The smallest absolute Gasteiger partial charge is 0.434 e. The monoisotopic (exact) mass is 222 g/mol. The van der Waals surface area contributed by atoms with E-state index in [0.29, 0.717) is 12.4 Å². The maximum atomic E-state index is 11.0. The van der Waals surface area contributed by atoms with Crippen molar-refractivity contribution in [1.29, 1.82) is 0 Å². The summed E-state index contributed by atoms with van der Waals surface area (Å²) in [6, 6.07) is 7.46. The van der Waals surface area contributed by atoms with E-state index in [4.69, 9.17) is 4.74 Å². The summed E-state index contributed by atoms with van der Waals surface area (Å²) in [6.07, 6.45) is -0.661. The molecule has 0 unspecified atom stereocenters. The van der Waals surface area contributed by atoms with Crippen molar-refractivity contribution in [2.75, 3.05) is 6.61 Å². The second-order valence-corrected chi connectivity index (χ2v) is 4.56. The summed E-state index contributed by atoms with van der Waals surface area (Å²) >= 11 is 0. The molecule has 0 fully saturated rings. The lowest BCUT2D eigenvalue weighted by molar-refractivity contribution is 0.104. The Morgan fingerprint density at radius 3 is 2.19 bits per heavy atom. The average Bonchev–Trinajstić information content (AvgIpc) is 2.17. The molecule has 1 rings (SSSR count). The highest BCUT2D eigenvalue weighted by atomic mass is 16.7. The normalized spacial score (nSPS) is 11.0. The minimum atomic E-state index is -0.661. The van der Waals surface area contributed by atoms with Crippen molar-refractivity contribution in [1.82, 2.24) is 0 Å². The Labute approximate surface area is 96.4 Å². The molecule has 0 aromatic heterocycles. The first kappa shape index (κ1) is 12.6. The van der Waals surface area contributed by atoms with Gasteiger partial charge in [-0.1, -0.05) is 32.9 Å². The van der Waals surface area contributed by atoms with Gasteiger partial charge >= 0.3 is 6.16 Å². The summed E-state index contributed by atoms with van der Waals surface area (Å²) in [5, 5.41) is 0. The molecule has 3 heteroatoms. The Bertz CT molecular complexity index is 346. The summed E-state index contributed by atoms with van der Waals surface area (Å²) in [4.78, 5) is 11.0. The molecule has 0 aliphatic heterocycles. The van der Waals surface area contributed by atoms with E-state index in [0.717, 1.165) is 0 Å². The van der Waals surface area contributed by atoms with Crippen LogP contribution in [0.25, 0.3) is 0 Å². The highest BCUT2D eigenvalue weighted by Gasteiger charge is 2.13. The van der Waals surface area contributed by atoms with Crippen LogP contribution in [0.5, 0.6) is 5.75 Å². The molecule has 0 heterocycles. The fourth-order valence-electron chi connectivity index (χ4n) is 1.27. The van der Waals surface area contributed by atoms with E-state index < -0.39 is 6.16 Å². The van der Waals surface area contributed by atoms with Gasteiger partial charge in [0.1, 0.15) is 5.75 Å². The number of carbonyl (C=O) groups is 1. The van der Waals surface area contributed by atoms with Crippen molar-refractivity contribution < 1.29 is 14.3 Å². The molecule has 0 bridgehead atoms. The van der Waals surface area contributed by atoms with E-state index in [9.17, 15) is 4.79 Å². The van der Waals surface area contributed by atoms with Gasteiger partial charge in [0.25, 0.3) is 0 Å². The van der Waals surface area contributed by atoms with E-state index in [1.165, 1.54) is 5.56 Å². The van der Waals surface area contributed by atoms with Crippen LogP contribution >= 0.6 is 0 Å². The molecule has 0 N–H and O–H groups in total. The van der Waals surface area contributed by atoms with Gasteiger partial charge in [-0.05, 0) is 30.0 Å². The molecule has 88 valence electrons. The number of benzene rings is 1. The first-order chi connectivity index (χ1) is 7.43. The Balaban J connectivity index is 2.69. The van der Waals surface area contributed by atoms with Crippen molar-refractivity contribution >= 4 is 6.16 Å². The largest absolute Gasteiger partial charge is 0.513 e. The summed E-state index contributed by atoms with van der Waals surface area (Å²) in [6.45, 7) is 8.46. The number of hydrogen-bond donors (Lipinski definition) is 0. The first-order valence-corrected chi connectivity index (χ1v) is 5.38. The van der Waals surface area contributed by atoms with E-state index in [-0.39, 0.29) is 5.41 Å². The third-order valence-electron chi connectivity index (χ3n) is 2.18. The lowest BCUT2D eigenvalue weighted by atomic mass is 9.87. The summed E-state index contributed by atoms with van der Waals surface area (Å²) < 4.78 is 9.64. The predicted octanol–water partition coefficient (Wildman–Crippen LogP) is 3.52. The van der Waals surface area contributed by atoms with Crippen molar-refractivity contribution in [3.05, 3.63) is 29.8 Å². The molecule has 0 spiro atoms. The standard InChI is InChI=1S/C13H18O3/c1-5-15-12(14)16-11-8-6-10(7-9-11)13(2,3)4/h6-9H,5H2,1-4H3. The molecule has 3 nitrogen and oxygen atoms in total. The molecule has 1 aromatic rings. The minimum Gasteiger partial charge on any atom is -0.434 e. The fraction of sp³-hybridized carbons (Fsp3) is 0.462. The second kappa shape index (κ2) is 5.01. The molecule has 1 aromatic carbocycles. The molecule has 0 radical (unpaired) electrons. The SMILES string of the molecule is CCOC(=O)Oc1ccc(C(C)(C)C)cc1. The zero-order valence-electron chi connectivity index (χ0n) is 10.2. The van der Waals surface area contributed by atoms with Crippen LogP contribution in [0.1, 0.15) is 33.3 Å².